The van der Waals surface area contributed by atoms with Crippen molar-refractivity contribution in [3.05, 3.63) is 98.1 Å². The Bertz CT molecular complexity index is 1650. The van der Waals surface area contributed by atoms with Crippen molar-refractivity contribution in [1.29, 1.82) is 0 Å². The number of unbranched alkanes of at least 4 members (excludes halogenated alkanes) is 3. The molecule has 8 heteroatoms. The van der Waals surface area contributed by atoms with E-state index in [1.165, 1.54) is 0 Å². The number of nitrogens with zero attached hydrogens (tertiary/aromatic N) is 3. The van der Waals surface area contributed by atoms with Gasteiger partial charge in [0.2, 0.25) is 11.8 Å². The third-order valence-electron chi connectivity index (χ3n) is 10.3. The van der Waals surface area contributed by atoms with Gasteiger partial charge in [-0.3, -0.25) is 14.4 Å². The van der Waals surface area contributed by atoms with Crippen LogP contribution in [0.5, 0.6) is 0 Å². The smallest absolute Gasteiger partial charge is 0.251 e. The Morgan fingerprint density at radius 3 is 2.26 bits per heavy atom. The summed E-state index contributed by atoms with van der Waals surface area (Å²) in [5.74, 6) is -1.35. The van der Waals surface area contributed by atoms with Crippen molar-refractivity contribution in [3.8, 4) is 0 Å². The molecule has 3 aliphatic rings. The minimum atomic E-state index is -0.725. The van der Waals surface area contributed by atoms with Gasteiger partial charge in [-0.2, -0.15) is 0 Å². The average Bonchev–Trinajstić information content (AvgIpc) is 3.69. The van der Waals surface area contributed by atoms with Crippen LogP contribution in [0.25, 0.3) is 10.8 Å². The zero-order valence-electron chi connectivity index (χ0n) is 27.2. The van der Waals surface area contributed by atoms with Gasteiger partial charge in [-0.25, -0.2) is 0 Å². The molecule has 1 N–H and O–H groups in total. The highest BCUT2D eigenvalue weighted by atomic mass is 32.2. The van der Waals surface area contributed by atoms with Crippen molar-refractivity contribution in [2.24, 2.45) is 17.8 Å². The van der Waals surface area contributed by atoms with Gasteiger partial charge in [-0.1, -0.05) is 80.4 Å². The molecule has 47 heavy (non-hydrogen) atoms. The van der Waals surface area contributed by atoms with Gasteiger partial charge in [0.25, 0.3) is 5.91 Å². The number of aliphatic hydroxyl groups excluding tert-OH is 1. The van der Waals surface area contributed by atoms with Gasteiger partial charge in [0.15, 0.2) is 0 Å². The second-order valence-corrected chi connectivity index (χ2v) is 14.6. The molecule has 7 nitrogen and oxygen atoms in total. The summed E-state index contributed by atoms with van der Waals surface area (Å²) in [6.07, 6.45) is 7.37. The van der Waals surface area contributed by atoms with Crippen LogP contribution in [0.15, 0.2) is 98.1 Å². The summed E-state index contributed by atoms with van der Waals surface area (Å²) in [4.78, 5) is 49.8. The number of likely N-dealkylation sites (tertiary alicyclic amines) is 1. The van der Waals surface area contributed by atoms with E-state index in [4.69, 9.17) is 0 Å². The van der Waals surface area contributed by atoms with Crippen molar-refractivity contribution >= 4 is 51.6 Å². The number of rotatable bonds is 14. The average molecular weight is 652 g/mol. The third kappa shape index (κ3) is 5.80. The molecule has 0 radical (unpaired) electrons. The number of hydrogen-bond donors (Lipinski definition) is 1. The maximum Gasteiger partial charge on any atom is 0.251 e. The highest BCUT2D eigenvalue weighted by Crippen LogP contribution is 2.69. The van der Waals surface area contributed by atoms with Gasteiger partial charge in [0.05, 0.1) is 16.6 Å². The van der Waals surface area contributed by atoms with Gasteiger partial charge >= 0.3 is 0 Å². The molecule has 3 aliphatic heterocycles. The topological polar surface area (TPSA) is 81.2 Å². The number of carbonyl (C=O) groups excluding carboxylic acids is 3. The van der Waals surface area contributed by atoms with Crippen LogP contribution in [0.4, 0.5) is 11.4 Å². The molecule has 2 bridgehead atoms. The number of para-hydroxylation sites is 1. The fraction of sp³-hybridized carbons (Fsp3) is 0.410. The number of hydrogen-bond acceptors (Lipinski definition) is 5. The van der Waals surface area contributed by atoms with Gasteiger partial charge in [0, 0.05) is 42.9 Å². The van der Waals surface area contributed by atoms with Crippen LogP contribution in [0.2, 0.25) is 0 Å². The molecular weight excluding hydrogens is 607 g/mol. The maximum atomic E-state index is 15.1. The number of benzene rings is 3. The van der Waals surface area contributed by atoms with Crippen molar-refractivity contribution in [2.75, 3.05) is 36.0 Å². The largest absolute Gasteiger partial charge is 0.396 e. The molecule has 3 heterocycles. The first-order valence-corrected chi connectivity index (χ1v) is 17.7. The lowest BCUT2D eigenvalue weighted by Crippen LogP contribution is -2.57. The van der Waals surface area contributed by atoms with Crippen molar-refractivity contribution in [2.45, 2.75) is 55.1 Å². The fourth-order valence-electron chi connectivity index (χ4n) is 8.25. The Morgan fingerprint density at radius 2 is 1.55 bits per heavy atom. The van der Waals surface area contributed by atoms with Crippen LogP contribution in [0.3, 0.4) is 0 Å². The summed E-state index contributed by atoms with van der Waals surface area (Å²) in [5.41, 5.74) is 1.54. The van der Waals surface area contributed by atoms with Crippen LogP contribution >= 0.6 is 11.8 Å². The molecule has 3 saturated heterocycles. The Kier molecular flexibility index (Phi) is 9.90. The quantitative estimate of drug-likeness (QED) is 0.160. The number of anilines is 2. The number of aliphatic hydroxyl groups is 1. The van der Waals surface area contributed by atoms with E-state index >= 15 is 4.79 Å². The molecule has 3 aromatic rings. The predicted octanol–water partition coefficient (Wildman–Crippen LogP) is 6.47. The standard InChI is InChI=1S/C39H45N3O4S/c1-4-21-40(30-17-9-8-10-18-30)36(44)33-32-25-27(3)39(47-32)34(33)37(45)42(23-13-6-7-14-24-43)35(39)38(46)41(22-5-2)31-20-19-28-15-11-12-16-29(28)26-31/h4-5,8-12,15-20,26-27,32-35,43H,1-2,6-7,13-14,21-25H2,3H3/t27?,32-,33+,34-,35?,39?/m0/s1. The lowest BCUT2D eigenvalue weighted by molar-refractivity contribution is -0.139. The molecular formula is C39H45N3O4S. The normalized spacial score (nSPS) is 26.0. The summed E-state index contributed by atoms with van der Waals surface area (Å²) < 4.78 is -0.725. The fourth-order valence-corrected chi connectivity index (χ4v) is 10.7. The summed E-state index contributed by atoms with van der Waals surface area (Å²) in [6, 6.07) is 23.0. The Morgan fingerprint density at radius 1 is 0.894 bits per heavy atom. The van der Waals surface area contributed by atoms with Crippen molar-refractivity contribution in [1.82, 2.24) is 4.90 Å². The minimum Gasteiger partial charge on any atom is -0.396 e. The molecule has 3 unspecified atom stereocenters. The molecule has 3 fully saturated rings. The lowest BCUT2D eigenvalue weighted by atomic mass is 9.65. The predicted molar refractivity (Wildman–Crippen MR) is 191 cm³/mol. The van der Waals surface area contributed by atoms with E-state index in [9.17, 15) is 14.7 Å². The van der Waals surface area contributed by atoms with E-state index in [1.807, 2.05) is 77.7 Å². The first-order valence-electron chi connectivity index (χ1n) is 16.8. The number of carbonyl (C=O) groups is 3. The van der Waals surface area contributed by atoms with E-state index in [0.717, 1.165) is 47.8 Å². The molecule has 6 rings (SSSR count). The van der Waals surface area contributed by atoms with Gasteiger partial charge in [-0.15, -0.1) is 24.9 Å². The minimum absolute atomic E-state index is 0.0574. The second kappa shape index (κ2) is 14.1. The Balaban J connectivity index is 1.40. The molecule has 6 atom stereocenters. The molecule has 3 amide bonds. The number of fused-ring (bicyclic) bond motifs is 2. The van der Waals surface area contributed by atoms with Crippen molar-refractivity contribution in [3.63, 3.8) is 0 Å². The second-order valence-electron chi connectivity index (χ2n) is 13.1. The molecule has 246 valence electrons. The molecule has 0 saturated carbocycles. The molecule has 1 spiro atoms. The zero-order chi connectivity index (χ0) is 33.1. The maximum absolute atomic E-state index is 15.1. The van der Waals surface area contributed by atoms with E-state index < -0.39 is 22.6 Å². The molecule has 3 aromatic carbocycles. The van der Waals surface area contributed by atoms with Gasteiger partial charge in [0.1, 0.15) is 6.04 Å². The summed E-state index contributed by atoms with van der Waals surface area (Å²) in [7, 11) is 0. The summed E-state index contributed by atoms with van der Waals surface area (Å²) >= 11 is 1.71. The zero-order valence-corrected chi connectivity index (χ0v) is 28.0. The highest BCUT2D eigenvalue weighted by Gasteiger charge is 2.76. The summed E-state index contributed by atoms with van der Waals surface area (Å²) in [6.45, 7) is 11.3. The third-order valence-corrected chi connectivity index (χ3v) is 12.4. The Labute approximate surface area is 282 Å². The first-order chi connectivity index (χ1) is 22.9. The lowest BCUT2D eigenvalue weighted by Gasteiger charge is -2.41. The first kappa shape index (κ1) is 33.0. The van der Waals surface area contributed by atoms with Crippen LogP contribution < -0.4 is 9.80 Å². The monoisotopic (exact) mass is 651 g/mol. The van der Waals surface area contributed by atoms with E-state index in [0.29, 0.717) is 26.1 Å². The number of thioether (sulfide) groups is 1. The van der Waals surface area contributed by atoms with Crippen LogP contribution in [0, 0.1) is 17.8 Å². The van der Waals surface area contributed by atoms with E-state index in [1.54, 1.807) is 33.7 Å². The molecule has 0 aromatic heterocycles. The van der Waals surface area contributed by atoms with Gasteiger partial charge in [-0.05, 0) is 60.2 Å². The van der Waals surface area contributed by atoms with Crippen molar-refractivity contribution < 1.29 is 19.5 Å². The van der Waals surface area contributed by atoms with Crippen LogP contribution in [-0.4, -0.2) is 70.0 Å². The van der Waals surface area contributed by atoms with E-state index in [-0.39, 0.29) is 35.5 Å². The van der Waals surface area contributed by atoms with Crippen LogP contribution in [0.1, 0.15) is 39.0 Å². The number of amides is 3. The molecule has 0 aliphatic carbocycles. The summed E-state index contributed by atoms with van der Waals surface area (Å²) in [5, 5.41) is 11.4. The highest BCUT2D eigenvalue weighted by molar-refractivity contribution is 8.02. The SMILES string of the molecule is C=CCN(C(=O)C1N(CCCCCCO)C(=O)[C@@H]2[C@H](C(=O)N(CC=C)c3ccccc3)[C@@H]3CC(C)C12S3)c1ccc2ccccc2c1. The Hall–Kier alpha value is -3.88. The van der Waals surface area contributed by atoms with Gasteiger partial charge < -0.3 is 19.8 Å². The van der Waals surface area contributed by atoms with Crippen LogP contribution in [-0.2, 0) is 14.4 Å². The van der Waals surface area contributed by atoms with E-state index in [2.05, 4.69) is 20.1 Å².